The number of rotatable bonds is 2. The predicted molar refractivity (Wildman–Crippen MR) is 84.9 cm³/mol. The zero-order valence-electron chi connectivity index (χ0n) is 13.1. The van der Waals surface area contributed by atoms with Gasteiger partial charge in [-0.3, -0.25) is 4.79 Å². The van der Waals surface area contributed by atoms with E-state index in [-0.39, 0.29) is 5.91 Å². The highest BCUT2D eigenvalue weighted by Gasteiger charge is 2.42. The van der Waals surface area contributed by atoms with Crippen LogP contribution in [-0.2, 0) is 0 Å². The molecule has 1 aliphatic heterocycles. The largest absolute Gasteiger partial charge is 0.469 e. The number of hydrogen-bond donors (Lipinski definition) is 1. The van der Waals surface area contributed by atoms with Crippen LogP contribution in [-0.4, -0.2) is 11.7 Å². The maximum absolute atomic E-state index is 12.2. The van der Waals surface area contributed by atoms with E-state index in [0.29, 0.717) is 22.8 Å². The Bertz CT molecular complexity index is 743. The SMILES string of the molecule is Cc1occc1C(=O)Nc1ccc2c(c1)OC1(CCCCC1)O2. The molecule has 0 atom stereocenters. The molecule has 0 radical (unpaired) electrons. The fraction of sp³-hybridized carbons (Fsp3) is 0.389. The fourth-order valence-electron chi connectivity index (χ4n) is 3.29. The average molecular weight is 313 g/mol. The van der Waals surface area contributed by atoms with Gasteiger partial charge in [0.2, 0.25) is 0 Å². The third-order valence-corrected chi connectivity index (χ3v) is 4.51. The second-order valence-corrected chi connectivity index (χ2v) is 6.18. The number of amides is 1. The summed E-state index contributed by atoms with van der Waals surface area (Å²) in [5.41, 5.74) is 1.22. The Morgan fingerprint density at radius 3 is 2.61 bits per heavy atom. The van der Waals surface area contributed by atoms with Crippen LogP contribution in [0.15, 0.2) is 34.9 Å². The van der Waals surface area contributed by atoms with Crippen molar-refractivity contribution in [3.8, 4) is 11.5 Å². The Hall–Kier alpha value is -2.43. The minimum Gasteiger partial charge on any atom is -0.469 e. The zero-order valence-corrected chi connectivity index (χ0v) is 13.1. The van der Waals surface area contributed by atoms with Gasteiger partial charge in [-0.15, -0.1) is 0 Å². The number of nitrogens with one attached hydrogen (secondary N) is 1. The van der Waals surface area contributed by atoms with Crippen molar-refractivity contribution in [2.75, 3.05) is 5.32 Å². The Morgan fingerprint density at radius 1 is 1.09 bits per heavy atom. The smallest absolute Gasteiger partial charge is 0.259 e. The van der Waals surface area contributed by atoms with E-state index in [9.17, 15) is 4.79 Å². The number of anilines is 1. The van der Waals surface area contributed by atoms with Crippen LogP contribution >= 0.6 is 0 Å². The summed E-state index contributed by atoms with van der Waals surface area (Å²) in [5, 5.41) is 2.87. The summed E-state index contributed by atoms with van der Waals surface area (Å²) in [5.74, 6) is 1.37. The summed E-state index contributed by atoms with van der Waals surface area (Å²) < 4.78 is 17.3. The van der Waals surface area contributed by atoms with Crippen LogP contribution in [0.4, 0.5) is 5.69 Å². The van der Waals surface area contributed by atoms with Gasteiger partial charge in [0.15, 0.2) is 11.5 Å². The molecule has 23 heavy (non-hydrogen) atoms. The second-order valence-electron chi connectivity index (χ2n) is 6.18. The van der Waals surface area contributed by atoms with Crippen LogP contribution in [0.1, 0.15) is 48.2 Å². The van der Waals surface area contributed by atoms with Crippen molar-refractivity contribution in [3.63, 3.8) is 0 Å². The number of furan rings is 1. The lowest BCUT2D eigenvalue weighted by molar-refractivity contribution is -0.105. The highest BCUT2D eigenvalue weighted by molar-refractivity contribution is 6.05. The Kier molecular flexibility index (Phi) is 3.29. The monoisotopic (exact) mass is 313 g/mol. The van der Waals surface area contributed by atoms with Gasteiger partial charge in [-0.25, -0.2) is 0 Å². The molecule has 1 aliphatic carbocycles. The molecule has 0 unspecified atom stereocenters. The van der Waals surface area contributed by atoms with Gasteiger partial charge in [-0.1, -0.05) is 6.42 Å². The lowest BCUT2D eigenvalue weighted by Crippen LogP contribution is -2.40. The molecule has 0 bridgehead atoms. The molecule has 120 valence electrons. The number of aryl methyl sites for hydroxylation is 1. The quantitative estimate of drug-likeness (QED) is 0.899. The second kappa shape index (κ2) is 5.33. The van der Waals surface area contributed by atoms with E-state index in [2.05, 4.69) is 5.32 Å². The average Bonchev–Trinajstić information content (AvgIpc) is 3.11. The van der Waals surface area contributed by atoms with Crippen molar-refractivity contribution < 1.29 is 18.7 Å². The summed E-state index contributed by atoms with van der Waals surface area (Å²) in [6.45, 7) is 1.77. The summed E-state index contributed by atoms with van der Waals surface area (Å²) in [6, 6.07) is 7.18. The molecule has 5 nitrogen and oxygen atoms in total. The normalized spacial score (nSPS) is 18.1. The van der Waals surface area contributed by atoms with Crippen molar-refractivity contribution in [2.45, 2.75) is 44.8 Å². The maximum Gasteiger partial charge on any atom is 0.259 e. The first-order valence-electron chi connectivity index (χ1n) is 8.03. The third kappa shape index (κ3) is 2.56. The molecular formula is C18H19NO4. The molecule has 2 aromatic rings. The number of benzene rings is 1. The first kappa shape index (κ1) is 14.2. The lowest BCUT2D eigenvalue weighted by Gasteiger charge is -2.31. The van der Waals surface area contributed by atoms with E-state index >= 15 is 0 Å². The van der Waals surface area contributed by atoms with E-state index in [0.717, 1.165) is 31.4 Å². The molecule has 5 heteroatoms. The maximum atomic E-state index is 12.2. The Balaban J connectivity index is 1.52. The van der Waals surface area contributed by atoms with Crippen molar-refractivity contribution in [3.05, 3.63) is 41.9 Å². The van der Waals surface area contributed by atoms with Gasteiger partial charge in [0, 0.05) is 24.6 Å². The first-order chi connectivity index (χ1) is 11.2. The first-order valence-corrected chi connectivity index (χ1v) is 8.03. The van der Waals surface area contributed by atoms with E-state index in [1.165, 1.54) is 12.7 Å². The molecule has 1 aromatic carbocycles. The van der Waals surface area contributed by atoms with Crippen molar-refractivity contribution in [2.24, 2.45) is 0 Å². The van der Waals surface area contributed by atoms with Gasteiger partial charge in [0.05, 0.1) is 11.8 Å². The molecule has 1 spiro atoms. The molecule has 2 aliphatic rings. The number of carbonyl (C=O) groups excluding carboxylic acids is 1. The van der Waals surface area contributed by atoms with Crippen LogP contribution in [0.5, 0.6) is 11.5 Å². The van der Waals surface area contributed by atoms with Crippen LogP contribution in [0, 0.1) is 6.92 Å². The van der Waals surface area contributed by atoms with Gasteiger partial charge in [-0.2, -0.15) is 0 Å². The van der Waals surface area contributed by atoms with Crippen LogP contribution in [0.25, 0.3) is 0 Å². The van der Waals surface area contributed by atoms with Crippen molar-refractivity contribution in [1.82, 2.24) is 0 Å². The van der Waals surface area contributed by atoms with Crippen LogP contribution in [0.2, 0.25) is 0 Å². The standard InChI is InChI=1S/C18H19NO4/c1-12-14(7-10-21-12)17(20)19-13-5-6-15-16(11-13)23-18(22-15)8-3-2-4-9-18/h5-7,10-11H,2-4,8-9H2,1H3,(H,19,20). The van der Waals surface area contributed by atoms with Crippen molar-refractivity contribution in [1.29, 1.82) is 0 Å². The summed E-state index contributed by atoms with van der Waals surface area (Å²) in [7, 11) is 0. The fourth-order valence-corrected chi connectivity index (χ4v) is 3.29. The van der Waals surface area contributed by atoms with Gasteiger partial charge >= 0.3 is 0 Å². The minimum atomic E-state index is -0.496. The molecule has 4 rings (SSSR count). The van der Waals surface area contributed by atoms with Crippen LogP contribution in [0.3, 0.4) is 0 Å². The molecule has 1 fully saturated rings. The lowest BCUT2D eigenvalue weighted by atomic mass is 9.94. The zero-order chi connectivity index (χ0) is 15.9. The predicted octanol–water partition coefficient (Wildman–Crippen LogP) is 4.27. The van der Waals surface area contributed by atoms with Gasteiger partial charge < -0.3 is 19.2 Å². The van der Waals surface area contributed by atoms with E-state index in [1.54, 1.807) is 13.0 Å². The third-order valence-electron chi connectivity index (χ3n) is 4.51. The van der Waals surface area contributed by atoms with E-state index in [1.807, 2.05) is 18.2 Å². The molecule has 1 saturated carbocycles. The van der Waals surface area contributed by atoms with E-state index < -0.39 is 5.79 Å². The molecule has 1 aromatic heterocycles. The van der Waals surface area contributed by atoms with Crippen LogP contribution < -0.4 is 14.8 Å². The van der Waals surface area contributed by atoms with Gasteiger partial charge in [0.1, 0.15) is 5.76 Å². The Labute approximate surface area is 134 Å². The van der Waals surface area contributed by atoms with Crippen molar-refractivity contribution >= 4 is 11.6 Å². The Morgan fingerprint density at radius 2 is 1.87 bits per heavy atom. The number of fused-ring (bicyclic) bond motifs is 1. The van der Waals surface area contributed by atoms with Gasteiger partial charge in [-0.05, 0) is 38.0 Å². The highest BCUT2D eigenvalue weighted by Crippen LogP contribution is 2.46. The topological polar surface area (TPSA) is 60.7 Å². The highest BCUT2D eigenvalue weighted by atomic mass is 16.7. The summed E-state index contributed by atoms with van der Waals surface area (Å²) in [6.07, 6.45) is 6.82. The number of hydrogen-bond acceptors (Lipinski definition) is 4. The van der Waals surface area contributed by atoms with Gasteiger partial charge in [0.25, 0.3) is 11.7 Å². The summed E-state index contributed by atoms with van der Waals surface area (Å²) in [4.78, 5) is 12.2. The van der Waals surface area contributed by atoms with E-state index in [4.69, 9.17) is 13.9 Å². The number of ether oxygens (including phenoxy) is 2. The number of carbonyl (C=O) groups is 1. The summed E-state index contributed by atoms with van der Waals surface area (Å²) >= 11 is 0. The molecule has 2 heterocycles. The molecule has 0 saturated heterocycles. The minimum absolute atomic E-state index is 0.192. The molecule has 1 amide bonds. The molecule has 1 N–H and O–H groups in total. The molecular weight excluding hydrogens is 294 g/mol.